The standard InChI is InChI=1S/C27H23F10N5O4S/c28-18-9-17(23-39-42(43)46-40-23)20(45-13-25(29,30)31)10-21(18)44-12-22-19(11-41-7-5-16(6-8-41)27(35,36)37)38-24(47-22)14-1-3-15(4-2-14)26(32,33)34/h1-4,9-10,16,43H,5-8,11-13H2,(H,39,40). The van der Waals surface area contributed by atoms with Crippen molar-refractivity contribution in [3.05, 3.63) is 63.9 Å². The minimum atomic E-state index is -4.78. The van der Waals surface area contributed by atoms with Crippen LogP contribution < -0.4 is 15.0 Å². The summed E-state index contributed by atoms with van der Waals surface area (Å²) in [6, 6.07) is 5.66. The van der Waals surface area contributed by atoms with Crippen molar-refractivity contribution in [3.8, 4) is 22.1 Å². The van der Waals surface area contributed by atoms with E-state index in [0.29, 0.717) is 16.1 Å². The molecule has 256 valence electrons. The van der Waals surface area contributed by atoms with Crippen LogP contribution in [0, 0.1) is 11.7 Å². The van der Waals surface area contributed by atoms with Gasteiger partial charge in [-0.3, -0.25) is 4.90 Å². The summed E-state index contributed by atoms with van der Waals surface area (Å²) in [7, 11) is 0. The third-order valence-electron chi connectivity index (χ3n) is 7.11. The fourth-order valence-electron chi connectivity index (χ4n) is 4.75. The number of aromatic nitrogens is 1. The van der Waals surface area contributed by atoms with Gasteiger partial charge in [0.2, 0.25) is 0 Å². The molecule has 2 aliphatic rings. The normalized spacial score (nSPS) is 16.7. The van der Waals surface area contributed by atoms with Gasteiger partial charge < -0.3 is 9.47 Å². The maximum atomic E-state index is 15.2. The Hall–Kier alpha value is -3.88. The molecule has 0 aliphatic carbocycles. The number of amidine groups is 1. The molecule has 0 spiro atoms. The lowest BCUT2D eigenvalue weighted by atomic mass is 9.96. The van der Waals surface area contributed by atoms with Gasteiger partial charge in [-0.15, -0.1) is 21.4 Å². The predicted molar refractivity (Wildman–Crippen MR) is 143 cm³/mol. The van der Waals surface area contributed by atoms with Crippen LogP contribution in [0.5, 0.6) is 11.5 Å². The van der Waals surface area contributed by atoms with E-state index in [0.717, 1.165) is 35.6 Å². The average Bonchev–Trinajstić information content (AvgIpc) is 3.60. The van der Waals surface area contributed by atoms with E-state index in [4.69, 9.17) is 9.47 Å². The Bertz CT molecular complexity index is 1590. The topological polar surface area (TPSA) is 91.7 Å². The lowest BCUT2D eigenvalue weighted by molar-refractivity contribution is -0.345. The smallest absolute Gasteiger partial charge is 0.422 e. The van der Waals surface area contributed by atoms with E-state index in [9.17, 15) is 44.7 Å². The maximum absolute atomic E-state index is 15.2. The van der Waals surface area contributed by atoms with Crippen LogP contribution in [-0.2, 0) is 24.3 Å². The molecule has 2 aromatic carbocycles. The van der Waals surface area contributed by atoms with Crippen molar-refractivity contribution < 1.29 is 63.5 Å². The molecule has 47 heavy (non-hydrogen) atoms. The van der Waals surface area contributed by atoms with E-state index in [2.05, 4.69) is 20.5 Å². The van der Waals surface area contributed by atoms with Gasteiger partial charge in [0.15, 0.2) is 24.0 Å². The van der Waals surface area contributed by atoms with Gasteiger partial charge in [0.25, 0.3) is 0 Å². The van der Waals surface area contributed by atoms with E-state index in [1.165, 1.54) is 12.1 Å². The zero-order valence-electron chi connectivity index (χ0n) is 23.6. The van der Waals surface area contributed by atoms with Crippen molar-refractivity contribution in [1.29, 1.82) is 0 Å². The van der Waals surface area contributed by atoms with E-state index >= 15 is 4.39 Å². The van der Waals surface area contributed by atoms with Gasteiger partial charge in [-0.2, -0.15) is 39.5 Å². The molecule has 0 atom stereocenters. The Morgan fingerprint density at radius 3 is 2.21 bits per heavy atom. The largest absolute Gasteiger partial charge is 0.485 e. The Morgan fingerprint density at radius 2 is 1.64 bits per heavy atom. The fourth-order valence-corrected chi connectivity index (χ4v) is 5.74. The highest BCUT2D eigenvalue weighted by molar-refractivity contribution is 7.15. The molecule has 0 saturated carbocycles. The van der Waals surface area contributed by atoms with Crippen LogP contribution >= 0.6 is 11.3 Å². The predicted octanol–water partition coefficient (Wildman–Crippen LogP) is 7.07. The number of nitrogens with zero attached hydrogens (tertiary/aromatic N) is 4. The van der Waals surface area contributed by atoms with Crippen molar-refractivity contribution in [1.82, 2.24) is 20.7 Å². The van der Waals surface area contributed by atoms with E-state index in [-0.39, 0.29) is 48.4 Å². The van der Waals surface area contributed by atoms with Gasteiger partial charge in [-0.25, -0.2) is 20.1 Å². The summed E-state index contributed by atoms with van der Waals surface area (Å²) in [6.07, 6.45) is -14.0. The van der Waals surface area contributed by atoms with Gasteiger partial charge in [0, 0.05) is 18.2 Å². The van der Waals surface area contributed by atoms with Crippen molar-refractivity contribution in [2.75, 3.05) is 19.7 Å². The summed E-state index contributed by atoms with van der Waals surface area (Å²) in [5.41, 5.74) is 1.43. The van der Waals surface area contributed by atoms with Crippen LogP contribution in [0.25, 0.3) is 10.6 Å². The molecular weight excluding hydrogens is 680 g/mol. The molecule has 1 aromatic heterocycles. The molecular formula is C27H23F10N5O4S. The first-order valence-corrected chi connectivity index (χ1v) is 14.4. The highest BCUT2D eigenvalue weighted by Gasteiger charge is 2.41. The Balaban J connectivity index is 1.41. The summed E-state index contributed by atoms with van der Waals surface area (Å²) >= 11 is 0.981. The molecule has 1 saturated heterocycles. The second kappa shape index (κ2) is 13.3. The van der Waals surface area contributed by atoms with Crippen molar-refractivity contribution in [3.63, 3.8) is 0 Å². The number of hydrazone groups is 1. The molecule has 0 unspecified atom stereocenters. The van der Waals surface area contributed by atoms with Crippen LogP contribution in [0.15, 0.2) is 41.5 Å². The zero-order chi connectivity index (χ0) is 34.1. The van der Waals surface area contributed by atoms with Crippen molar-refractivity contribution in [2.24, 2.45) is 11.0 Å². The lowest BCUT2D eigenvalue weighted by Crippen LogP contribution is -2.38. The first kappa shape index (κ1) is 34.5. The molecule has 3 aromatic rings. The Morgan fingerprint density at radius 1 is 0.957 bits per heavy atom. The van der Waals surface area contributed by atoms with Crippen LogP contribution in [0.4, 0.5) is 43.9 Å². The first-order valence-electron chi connectivity index (χ1n) is 13.6. The third kappa shape index (κ3) is 8.73. The SMILES string of the molecule is ON1N=C(c2cc(F)c(OCc3sc(-c4ccc(C(F)(F)F)cc4)nc3CN3CCC(C(F)(F)F)CC3)cc2OCC(F)(F)F)NO1. The summed E-state index contributed by atoms with van der Waals surface area (Å²) < 4.78 is 143. The molecule has 2 N–H and O–H groups in total. The number of nitrogens with one attached hydrogen (secondary N) is 1. The van der Waals surface area contributed by atoms with Gasteiger partial charge >= 0.3 is 18.5 Å². The summed E-state index contributed by atoms with van der Waals surface area (Å²) in [6.45, 7) is -1.98. The van der Waals surface area contributed by atoms with E-state index in [1.807, 2.05) is 0 Å². The summed E-state index contributed by atoms with van der Waals surface area (Å²) in [5, 5.41) is 12.9. The number of likely N-dealkylation sites (tertiary alicyclic amines) is 1. The average molecular weight is 704 g/mol. The highest BCUT2D eigenvalue weighted by Crippen LogP contribution is 2.37. The minimum Gasteiger partial charge on any atom is -0.485 e. The first-order chi connectivity index (χ1) is 22.0. The van der Waals surface area contributed by atoms with Gasteiger partial charge in [0.1, 0.15) is 17.4 Å². The van der Waals surface area contributed by atoms with E-state index in [1.54, 1.807) is 4.90 Å². The third-order valence-corrected chi connectivity index (χ3v) is 8.23. The molecule has 5 rings (SSSR count). The molecule has 0 amide bonds. The van der Waals surface area contributed by atoms with Crippen LogP contribution in [0.2, 0.25) is 0 Å². The number of hydrogen-bond acceptors (Lipinski definition) is 10. The number of benzene rings is 2. The van der Waals surface area contributed by atoms with E-state index < -0.39 is 66.4 Å². The quantitative estimate of drug-likeness (QED) is 0.229. The Kier molecular flexibility index (Phi) is 9.76. The number of hydrogen-bond donors (Lipinski definition) is 2. The van der Waals surface area contributed by atoms with Gasteiger partial charge in [-0.05, 0) is 49.5 Å². The van der Waals surface area contributed by atoms with Crippen molar-refractivity contribution in [2.45, 2.75) is 44.5 Å². The lowest BCUT2D eigenvalue weighted by Gasteiger charge is -2.32. The second-order valence-electron chi connectivity index (χ2n) is 10.4. The number of rotatable bonds is 9. The second-order valence-corrected chi connectivity index (χ2v) is 11.5. The zero-order valence-corrected chi connectivity index (χ0v) is 24.5. The molecule has 3 heterocycles. The minimum absolute atomic E-state index is 0.0465. The van der Waals surface area contributed by atoms with Gasteiger partial charge in [0.05, 0.1) is 27.6 Å². The summed E-state index contributed by atoms with van der Waals surface area (Å²) in [5.74, 6) is -4.05. The van der Waals surface area contributed by atoms with Crippen LogP contribution in [0.1, 0.15) is 34.5 Å². The molecule has 9 nitrogen and oxygen atoms in total. The molecule has 0 radical (unpaired) electrons. The number of halogens is 10. The molecule has 1 fully saturated rings. The van der Waals surface area contributed by atoms with Crippen LogP contribution in [-0.4, -0.2) is 58.3 Å². The van der Waals surface area contributed by atoms with Gasteiger partial charge in [-0.1, -0.05) is 12.1 Å². The summed E-state index contributed by atoms with van der Waals surface area (Å²) in [4.78, 5) is 11.0. The number of piperidine rings is 1. The highest BCUT2D eigenvalue weighted by atomic mass is 32.1. The van der Waals surface area contributed by atoms with Crippen molar-refractivity contribution >= 4 is 17.2 Å². The number of hydroxylamine groups is 1. The number of ether oxygens (including phenoxy) is 2. The number of alkyl halides is 9. The number of thiazole rings is 1. The molecule has 2 aliphatic heterocycles. The molecule has 0 bridgehead atoms. The fraction of sp³-hybridized carbons (Fsp3) is 0.407. The molecule has 20 heteroatoms. The maximum Gasteiger partial charge on any atom is 0.422 e. The Labute approximate surface area is 262 Å². The monoisotopic (exact) mass is 703 g/mol. The van der Waals surface area contributed by atoms with Crippen LogP contribution in [0.3, 0.4) is 0 Å².